The molecule has 0 bridgehead atoms. The third-order valence-electron chi connectivity index (χ3n) is 1.82. The van der Waals surface area contributed by atoms with E-state index >= 15 is 0 Å². The first-order chi connectivity index (χ1) is 6.22. The zero-order chi connectivity index (χ0) is 9.68. The van der Waals surface area contributed by atoms with E-state index in [0.29, 0.717) is 5.92 Å². The van der Waals surface area contributed by atoms with Crippen LogP contribution in [0.4, 0.5) is 5.69 Å². The van der Waals surface area contributed by atoms with Gasteiger partial charge in [-0.2, -0.15) is 0 Å². The Labute approximate surface area is 79.6 Å². The molecule has 1 aromatic rings. The van der Waals surface area contributed by atoms with Gasteiger partial charge in [0.1, 0.15) is 0 Å². The fourth-order valence-corrected chi connectivity index (χ4v) is 1.10. The lowest BCUT2D eigenvalue weighted by Gasteiger charge is -2.09. The summed E-state index contributed by atoms with van der Waals surface area (Å²) >= 11 is 0. The molecule has 0 aliphatic rings. The Morgan fingerprint density at radius 1 is 1.38 bits per heavy atom. The highest BCUT2D eigenvalue weighted by atomic mass is 16.3. The summed E-state index contributed by atoms with van der Waals surface area (Å²) in [5, 5.41) is 12.2. The third-order valence-corrected chi connectivity index (χ3v) is 1.82. The molecule has 0 aromatic heterocycles. The Balaban J connectivity index is 2.56. The lowest BCUT2D eigenvalue weighted by Crippen LogP contribution is -2.07. The summed E-state index contributed by atoms with van der Waals surface area (Å²) in [6, 6.07) is 7.86. The van der Waals surface area contributed by atoms with Crippen LogP contribution >= 0.6 is 0 Å². The molecular formula is C11H17NO. The van der Waals surface area contributed by atoms with Crippen LogP contribution in [-0.2, 0) is 6.61 Å². The van der Waals surface area contributed by atoms with Crippen molar-refractivity contribution in [3.8, 4) is 0 Å². The van der Waals surface area contributed by atoms with Crippen molar-refractivity contribution in [2.24, 2.45) is 5.92 Å². The molecule has 0 aliphatic carbocycles. The van der Waals surface area contributed by atoms with Gasteiger partial charge >= 0.3 is 0 Å². The van der Waals surface area contributed by atoms with Gasteiger partial charge < -0.3 is 10.4 Å². The molecule has 1 aromatic carbocycles. The minimum absolute atomic E-state index is 0.108. The van der Waals surface area contributed by atoms with Gasteiger partial charge in [0.25, 0.3) is 0 Å². The number of hydrogen-bond acceptors (Lipinski definition) is 2. The molecule has 0 unspecified atom stereocenters. The van der Waals surface area contributed by atoms with Gasteiger partial charge in [0.2, 0.25) is 0 Å². The maximum Gasteiger partial charge on any atom is 0.0682 e. The number of nitrogens with one attached hydrogen (secondary N) is 1. The van der Waals surface area contributed by atoms with Gasteiger partial charge in [-0.05, 0) is 23.6 Å². The highest BCUT2D eigenvalue weighted by Crippen LogP contribution is 2.10. The maximum atomic E-state index is 8.91. The van der Waals surface area contributed by atoms with Crippen LogP contribution < -0.4 is 5.32 Å². The first kappa shape index (κ1) is 10.1. The van der Waals surface area contributed by atoms with Crippen molar-refractivity contribution in [3.63, 3.8) is 0 Å². The topological polar surface area (TPSA) is 32.3 Å². The number of rotatable bonds is 4. The first-order valence-corrected chi connectivity index (χ1v) is 4.66. The van der Waals surface area contributed by atoms with Crippen LogP contribution in [0, 0.1) is 5.92 Å². The first-order valence-electron chi connectivity index (χ1n) is 4.66. The Morgan fingerprint density at radius 2 is 2.15 bits per heavy atom. The molecule has 0 amide bonds. The second-order valence-electron chi connectivity index (χ2n) is 3.63. The second kappa shape index (κ2) is 4.87. The van der Waals surface area contributed by atoms with Crippen molar-refractivity contribution in [3.05, 3.63) is 29.8 Å². The Bertz CT molecular complexity index is 258. The quantitative estimate of drug-likeness (QED) is 0.743. The molecule has 0 saturated heterocycles. The van der Waals surface area contributed by atoms with Crippen LogP contribution in [0.25, 0.3) is 0 Å². The number of benzene rings is 1. The smallest absolute Gasteiger partial charge is 0.0682 e. The summed E-state index contributed by atoms with van der Waals surface area (Å²) in [5.41, 5.74) is 2.04. The predicted octanol–water partition coefficient (Wildman–Crippen LogP) is 2.25. The minimum Gasteiger partial charge on any atom is -0.392 e. The zero-order valence-corrected chi connectivity index (χ0v) is 8.25. The lowest BCUT2D eigenvalue weighted by atomic mass is 10.2. The van der Waals surface area contributed by atoms with E-state index in [1.807, 2.05) is 24.3 Å². The summed E-state index contributed by atoms with van der Waals surface area (Å²) in [5.74, 6) is 0.637. The maximum absolute atomic E-state index is 8.91. The Hall–Kier alpha value is -1.02. The number of anilines is 1. The molecular weight excluding hydrogens is 162 g/mol. The van der Waals surface area contributed by atoms with Crippen molar-refractivity contribution in [1.82, 2.24) is 0 Å². The molecule has 0 saturated carbocycles. The van der Waals surface area contributed by atoms with Crippen LogP contribution in [0.2, 0.25) is 0 Å². The normalized spacial score (nSPS) is 10.5. The van der Waals surface area contributed by atoms with E-state index in [4.69, 9.17) is 5.11 Å². The van der Waals surface area contributed by atoms with E-state index in [1.165, 1.54) is 0 Å². The fourth-order valence-electron chi connectivity index (χ4n) is 1.10. The summed E-state index contributed by atoms with van der Waals surface area (Å²) in [4.78, 5) is 0. The van der Waals surface area contributed by atoms with E-state index in [2.05, 4.69) is 19.2 Å². The molecule has 13 heavy (non-hydrogen) atoms. The van der Waals surface area contributed by atoms with E-state index < -0.39 is 0 Å². The Kier molecular flexibility index (Phi) is 3.77. The molecule has 72 valence electrons. The largest absolute Gasteiger partial charge is 0.392 e. The van der Waals surface area contributed by atoms with Gasteiger partial charge in [-0.1, -0.05) is 26.0 Å². The van der Waals surface area contributed by atoms with E-state index in [9.17, 15) is 0 Å². The average Bonchev–Trinajstić information content (AvgIpc) is 2.15. The number of aliphatic hydroxyl groups is 1. The summed E-state index contributed by atoms with van der Waals surface area (Å²) in [6.07, 6.45) is 0. The van der Waals surface area contributed by atoms with Crippen LogP contribution in [0.15, 0.2) is 24.3 Å². The van der Waals surface area contributed by atoms with Crippen molar-refractivity contribution in [2.75, 3.05) is 11.9 Å². The summed E-state index contributed by atoms with van der Waals surface area (Å²) < 4.78 is 0. The molecule has 1 rings (SSSR count). The summed E-state index contributed by atoms with van der Waals surface area (Å²) in [6.45, 7) is 5.41. The van der Waals surface area contributed by atoms with Gasteiger partial charge in [0.05, 0.1) is 6.61 Å². The molecule has 2 N–H and O–H groups in total. The van der Waals surface area contributed by atoms with E-state index in [-0.39, 0.29) is 6.61 Å². The van der Waals surface area contributed by atoms with Crippen LogP contribution in [-0.4, -0.2) is 11.7 Å². The lowest BCUT2D eigenvalue weighted by molar-refractivity contribution is 0.282. The highest BCUT2D eigenvalue weighted by Gasteiger charge is 1.95. The number of hydrogen-bond donors (Lipinski definition) is 2. The SMILES string of the molecule is CC(C)CNc1cccc(CO)c1. The van der Waals surface area contributed by atoms with Crippen LogP contribution in [0.5, 0.6) is 0 Å². The molecule has 2 nitrogen and oxygen atoms in total. The molecule has 0 radical (unpaired) electrons. The molecule has 0 aliphatic heterocycles. The van der Waals surface area contributed by atoms with Crippen LogP contribution in [0.1, 0.15) is 19.4 Å². The molecule has 2 heteroatoms. The zero-order valence-electron chi connectivity index (χ0n) is 8.25. The minimum atomic E-state index is 0.108. The summed E-state index contributed by atoms with van der Waals surface area (Å²) in [7, 11) is 0. The van der Waals surface area contributed by atoms with E-state index in [1.54, 1.807) is 0 Å². The monoisotopic (exact) mass is 179 g/mol. The van der Waals surface area contributed by atoms with Crippen LogP contribution in [0.3, 0.4) is 0 Å². The van der Waals surface area contributed by atoms with Crippen molar-refractivity contribution in [1.29, 1.82) is 0 Å². The molecule has 0 atom stereocenters. The van der Waals surface area contributed by atoms with Gasteiger partial charge in [-0.25, -0.2) is 0 Å². The van der Waals surface area contributed by atoms with Crippen molar-refractivity contribution < 1.29 is 5.11 Å². The molecule has 0 fully saturated rings. The van der Waals surface area contributed by atoms with E-state index in [0.717, 1.165) is 17.8 Å². The van der Waals surface area contributed by atoms with Crippen molar-refractivity contribution in [2.45, 2.75) is 20.5 Å². The number of aliphatic hydroxyl groups excluding tert-OH is 1. The van der Waals surface area contributed by atoms with Gasteiger partial charge in [0.15, 0.2) is 0 Å². The molecule has 0 heterocycles. The third kappa shape index (κ3) is 3.47. The van der Waals surface area contributed by atoms with Crippen molar-refractivity contribution >= 4 is 5.69 Å². The molecule has 0 spiro atoms. The Morgan fingerprint density at radius 3 is 2.77 bits per heavy atom. The van der Waals surface area contributed by atoms with Gasteiger partial charge in [-0.15, -0.1) is 0 Å². The standard InChI is InChI=1S/C11H17NO/c1-9(2)7-12-11-5-3-4-10(6-11)8-13/h3-6,9,12-13H,7-8H2,1-2H3. The highest BCUT2D eigenvalue weighted by molar-refractivity contribution is 5.45. The van der Waals surface area contributed by atoms with Gasteiger partial charge in [0, 0.05) is 12.2 Å². The van der Waals surface area contributed by atoms with Gasteiger partial charge in [-0.3, -0.25) is 0 Å². The fraction of sp³-hybridized carbons (Fsp3) is 0.455. The average molecular weight is 179 g/mol. The predicted molar refractivity (Wildman–Crippen MR) is 55.7 cm³/mol. The second-order valence-corrected chi connectivity index (χ2v) is 3.63.